The second kappa shape index (κ2) is 6.10. The van der Waals surface area contributed by atoms with Crippen LogP contribution in [0, 0.1) is 5.92 Å². The summed E-state index contributed by atoms with van der Waals surface area (Å²) in [6, 6.07) is 4.99. The number of aliphatic hydroxyl groups is 2. The van der Waals surface area contributed by atoms with Crippen molar-refractivity contribution in [3.63, 3.8) is 0 Å². The molecule has 1 aromatic rings. The molecule has 0 heterocycles. The molecule has 6 heteroatoms. The summed E-state index contributed by atoms with van der Waals surface area (Å²) >= 11 is 11.9. The van der Waals surface area contributed by atoms with E-state index in [2.05, 4.69) is 0 Å². The molecule has 0 radical (unpaired) electrons. The van der Waals surface area contributed by atoms with Crippen molar-refractivity contribution in [2.24, 2.45) is 5.92 Å². The number of aryl methyl sites for hydroxylation is 1. The number of benzene rings is 1. The number of carbonyl (C=O) groups is 1. The van der Waals surface area contributed by atoms with Gasteiger partial charge < -0.3 is 15.3 Å². The van der Waals surface area contributed by atoms with Crippen LogP contribution in [0.15, 0.2) is 42.2 Å². The Bertz CT molecular complexity index is 624. The third kappa shape index (κ3) is 3.59. The molecule has 112 valence electrons. The fourth-order valence-electron chi connectivity index (χ4n) is 2.34. The highest BCUT2D eigenvalue weighted by atomic mass is 35.5. The first-order chi connectivity index (χ1) is 9.82. The van der Waals surface area contributed by atoms with Gasteiger partial charge in [0.25, 0.3) is 0 Å². The molecular formula is C15H14Cl2O4. The molecule has 0 aromatic heterocycles. The zero-order valence-corrected chi connectivity index (χ0v) is 12.5. The van der Waals surface area contributed by atoms with Crippen molar-refractivity contribution in [1.29, 1.82) is 0 Å². The fraction of sp³-hybridized carbons (Fsp3) is 0.267. The minimum absolute atomic E-state index is 0.111. The number of aliphatic hydroxyl groups excluding tert-OH is 1. The SMILES string of the molecule is O=C(O)C1C=CC(O)=CC1(O)CCc1ccc(Cl)cc1Cl. The van der Waals surface area contributed by atoms with E-state index in [4.69, 9.17) is 23.2 Å². The summed E-state index contributed by atoms with van der Waals surface area (Å²) in [5.74, 6) is -2.42. The molecule has 2 rings (SSSR count). The van der Waals surface area contributed by atoms with Gasteiger partial charge in [0.1, 0.15) is 17.3 Å². The standard InChI is InChI=1S/C15H14Cl2O4/c16-10-2-1-9(13(17)7-10)5-6-15(21)8-11(18)3-4-12(15)14(19)20/h1-4,7-8,12,18,21H,5-6H2,(H,19,20). The molecule has 0 saturated carbocycles. The Balaban J connectivity index is 2.19. The molecule has 2 atom stereocenters. The van der Waals surface area contributed by atoms with Gasteiger partial charge in [0.05, 0.1) is 0 Å². The highest BCUT2D eigenvalue weighted by Crippen LogP contribution is 2.33. The van der Waals surface area contributed by atoms with Gasteiger partial charge in [0, 0.05) is 10.0 Å². The second-order valence-electron chi connectivity index (χ2n) is 4.97. The Hall–Kier alpha value is -1.49. The van der Waals surface area contributed by atoms with Gasteiger partial charge in [-0.25, -0.2) is 0 Å². The maximum atomic E-state index is 11.2. The Labute approximate surface area is 131 Å². The summed E-state index contributed by atoms with van der Waals surface area (Å²) in [6.45, 7) is 0. The topological polar surface area (TPSA) is 77.8 Å². The van der Waals surface area contributed by atoms with E-state index in [1.165, 1.54) is 12.2 Å². The molecule has 0 spiro atoms. The second-order valence-corrected chi connectivity index (χ2v) is 5.81. The maximum absolute atomic E-state index is 11.2. The van der Waals surface area contributed by atoms with E-state index in [-0.39, 0.29) is 12.2 Å². The minimum atomic E-state index is -1.66. The van der Waals surface area contributed by atoms with Gasteiger partial charge in [-0.1, -0.05) is 35.3 Å². The molecule has 21 heavy (non-hydrogen) atoms. The Morgan fingerprint density at radius 3 is 2.67 bits per heavy atom. The van der Waals surface area contributed by atoms with Crippen LogP contribution < -0.4 is 0 Å². The van der Waals surface area contributed by atoms with E-state index in [0.717, 1.165) is 11.6 Å². The lowest BCUT2D eigenvalue weighted by Gasteiger charge is -2.31. The average Bonchev–Trinajstić information content (AvgIpc) is 2.37. The monoisotopic (exact) mass is 328 g/mol. The molecule has 3 N–H and O–H groups in total. The van der Waals surface area contributed by atoms with Gasteiger partial charge in [-0.2, -0.15) is 0 Å². The molecule has 0 aliphatic heterocycles. The van der Waals surface area contributed by atoms with Gasteiger partial charge in [0.2, 0.25) is 0 Å². The summed E-state index contributed by atoms with van der Waals surface area (Å²) in [4.78, 5) is 11.2. The first-order valence-corrected chi connectivity index (χ1v) is 7.06. The van der Waals surface area contributed by atoms with Gasteiger partial charge in [-0.05, 0) is 42.7 Å². The summed E-state index contributed by atoms with van der Waals surface area (Å²) in [7, 11) is 0. The van der Waals surface area contributed by atoms with Crippen molar-refractivity contribution >= 4 is 29.2 Å². The summed E-state index contributed by atoms with van der Waals surface area (Å²) in [5, 5.41) is 30.2. The molecular weight excluding hydrogens is 315 g/mol. The molecule has 2 unspecified atom stereocenters. The predicted molar refractivity (Wildman–Crippen MR) is 80.7 cm³/mol. The number of rotatable bonds is 4. The van der Waals surface area contributed by atoms with Crippen molar-refractivity contribution in [2.75, 3.05) is 0 Å². The van der Waals surface area contributed by atoms with E-state index < -0.39 is 17.5 Å². The van der Waals surface area contributed by atoms with Crippen LogP contribution in [0.5, 0.6) is 0 Å². The number of aliphatic carboxylic acids is 1. The lowest BCUT2D eigenvalue weighted by atomic mass is 9.79. The molecule has 0 amide bonds. The average molecular weight is 329 g/mol. The molecule has 1 aliphatic rings. The normalized spacial score (nSPS) is 24.7. The van der Waals surface area contributed by atoms with Crippen molar-refractivity contribution in [3.05, 3.63) is 57.8 Å². The Morgan fingerprint density at radius 1 is 1.33 bits per heavy atom. The van der Waals surface area contributed by atoms with Crippen molar-refractivity contribution < 1.29 is 20.1 Å². The largest absolute Gasteiger partial charge is 0.508 e. The van der Waals surface area contributed by atoms with Gasteiger partial charge >= 0.3 is 5.97 Å². The van der Waals surface area contributed by atoms with E-state index in [0.29, 0.717) is 16.5 Å². The van der Waals surface area contributed by atoms with Crippen LogP contribution in [0.25, 0.3) is 0 Å². The van der Waals surface area contributed by atoms with E-state index in [1.807, 2.05) is 0 Å². The van der Waals surface area contributed by atoms with Crippen LogP contribution in [0.1, 0.15) is 12.0 Å². The summed E-state index contributed by atoms with van der Waals surface area (Å²) in [5.41, 5.74) is -0.908. The smallest absolute Gasteiger partial charge is 0.313 e. The first-order valence-electron chi connectivity index (χ1n) is 6.31. The predicted octanol–water partition coefficient (Wildman–Crippen LogP) is 3.37. The van der Waals surface area contributed by atoms with E-state index in [1.54, 1.807) is 18.2 Å². The van der Waals surface area contributed by atoms with E-state index >= 15 is 0 Å². The number of carboxylic acid groups (broad SMARTS) is 1. The highest BCUT2D eigenvalue weighted by molar-refractivity contribution is 6.35. The number of halogens is 2. The number of hydrogen-bond donors (Lipinski definition) is 3. The fourth-order valence-corrected chi connectivity index (χ4v) is 2.84. The molecule has 0 fully saturated rings. The number of carboxylic acids is 1. The maximum Gasteiger partial charge on any atom is 0.313 e. The molecule has 1 aromatic carbocycles. The lowest BCUT2D eigenvalue weighted by molar-refractivity contribution is -0.146. The Morgan fingerprint density at radius 2 is 2.05 bits per heavy atom. The van der Waals surface area contributed by atoms with Crippen LogP contribution in [-0.2, 0) is 11.2 Å². The zero-order valence-electron chi connectivity index (χ0n) is 11.0. The summed E-state index contributed by atoms with van der Waals surface area (Å²) in [6.07, 6.45) is 4.17. The third-order valence-corrected chi connectivity index (χ3v) is 4.06. The van der Waals surface area contributed by atoms with Crippen molar-refractivity contribution in [2.45, 2.75) is 18.4 Å². The number of hydrogen-bond acceptors (Lipinski definition) is 3. The quantitative estimate of drug-likeness (QED) is 0.791. The molecule has 4 nitrogen and oxygen atoms in total. The van der Waals surface area contributed by atoms with Crippen LogP contribution in [0.2, 0.25) is 10.0 Å². The van der Waals surface area contributed by atoms with Crippen LogP contribution in [0.3, 0.4) is 0 Å². The molecule has 0 bridgehead atoms. The van der Waals surface area contributed by atoms with Crippen molar-refractivity contribution in [3.8, 4) is 0 Å². The van der Waals surface area contributed by atoms with Crippen LogP contribution in [-0.4, -0.2) is 26.9 Å². The molecule has 0 saturated heterocycles. The number of allylic oxidation sites excluding steroid dienone is 1. The summed E-state index contributed by atoms with van der Waals surface area (Å²) < 4.78 is 0. The van der Waals surface area contributed by atoms with E-state index in [9.17, 15) is 20.1 Å². The third-order valence-electron chi connectivity index (χ3n) is 3.47. The van der Waals surface area contributed by atoms with Gasteiger partial charge in [0.15, 0.2) is 0 Å². The van der Waals surface area contributed by atoms with Gasteiger partial charge in [-0.15, -0.1) is 0 Å². The molecule has 1 aliphatic carbocycles. The zero-order chi connectivity index (χ0) is 15.6. The van der Waals surface area contributed by atoms with Crippen LogP contribution in [0.4, 0.5) is 0 Å². The van der Waals surface area contributed by atoms with Crippen LogP contribution >= 0.6 is 23.2 Å². The van der Waals surface area contributed by atoms with Gasteiger partial charge in [-0.3, -0.25) is 4.79 Å². The highest BCUT2D eigenvalue weighted by Gasteiger charge is 2.40. The first kappa shape index (κ1) is 15.9. The van der Waals surface area contributed by atoms with Crippen molar-refractivity contribution in [1.82, 2.24) is 0 Å². The lowest BCUT2D eigenvalue weighted by Crippen LogP contribution is -2.41. The Kier molecular flexibility index (Phi) is 4.61. The minimum Gasteiger partial charge on any atom is -0.508 e.